The third-order valence-corrected chi connectivity index (χ3v) is 11.5. The van der Waals surface area contributed by atoms with Gasteiger partial charge < -0.3 is 38.8 Å². The van der Waals surface area contributed by atoms with Crippen molar-refractivity contribution >= 4 is 31.1 Å². The molecule has 0 saturated heterocycles. The molecule has 2 aliphatic carbocycles. The van der Waals surface area contributed by atoms with E-state index in [0.717, 1.165) is 24.6 Å². The molecule has 13 heteroatoms. The second-order valence-electron chi connectivity index (χ2n) is 15.9. The van der Waals surface area contributed by atoms with Gasteiger partial charge in [-0.3, -0.25) is 4.79 Å². The molecule has 0 radical (unpaired) electrons. The maximum atomic E-state index is 14.2. The number of carbonyl (C=O) groups is 2. The first-order chi connectivity index (χ1) is 23.2. The fraction of sp³-hybridized carbons (Fsp3) is 0.611. The summed E-state index contributed by atoms with van der Waals surface area (Å²) in [6.07, 6.45) is 5.61. The van der Waals surface area contributed by atoms with Crippen LogP contribution in [0.2, 0.25) is 25.7 Å². The van der Waals surface area contributed by atoms with Gasteiger partial charge in [0.2, 0.25) is 6.79 Å². The Balaban J connectivity index is 1.34. The number of amides is 2. The van der Waals surface area contributed by atoms with Crippen LogP contribution >= 0.6 is 0 Å². The van der Waals surface area contributed by atoms with Crippen LogP contribution in [-0.4, -0.2) is 82.2 Å². The van der Waals surface area contributed by atoms with Crippen LogP contribution in [0.5, 0.6) is 17.2 Å². The molecule has 0 unspecified atom stereocenters. The number of hydrogen-bond donors (Lipinski definition) is 2. The Morgan fingerprint density at radius 2 is 1.82 bits per heavy atom. The summed E-state index contributed by atoms with van der Waals surface area (Å²) in [4.78, 5) is 37.3. The average molecular weight is 694 g/mol. The highest BCUT2D eigenvalue weighted by atomic mass is 28.3. The van der Waals surface area contributed by atoms with E-state index in [9.17, 15) is 14.7 Å². The summed E-state index contributed by atoms with van der Waals surface area (Å²) in [5.74, 6) is 2.15. The monoisotopic (exact) mass is 693 g/mol. The van der Waals surface area contributed by atoms with E-state index in [1.165, 1.54) is 6.33 Å². The molecule has 3 aliphatic rings. The van der Waals surface area contributed by atoms with Crippen LogP contribution < -0.4 is 19.5 Å². The third kappa shape index (κ3) is 7.67. The predicted molar refractivity (Wildman–Crippen MR) is 189 cm³/mol. The van der Waals surface area contributed by atoms with E-state index < -0.39 is 19.7 Å². The first kappa shape index (κ1) is 35.0. The highest BCUT2D eigenvalue weighted by Gasteiger charge is 2.37. The third-order valence-electron chi connectivity index (χ3n) is 9.77. The molecule has 3 heterocycles. The number of carboxylic acid groups (broad SMARTS) is 1. The lowest BCUT2D eigenvalue weighted by Crippen LogP contribution is -2.53. The number of benzene rings is 1. The van der Waals surface area contributed by atoms with Gasteiger partial charge in [0.25, 0.3) is 5.91 Å². The Labute approximate surface area is 289 Å². The Bertz CT molecular complexity index is 1700. The number of fused-ring (bicyclic) bond motifs is 2. The maximum Gasteiger partial charge on any atom is 0.407 e. The molecular weight excluding hydrogens is 643 g/mol. The largest absolute Gasteiger partial charge is 0.492 e. The Hall–Kier alpha value is -3.84. The number of carbonyl (C=O) groups excluding carboxylic acids is 1. The molecule has 1 aromatic carbocycles. The second kappa shape index (κ2) is 13.8. The van der Waals surface area contributed by atoms with Crippen LogP contribution in [0.1, 0.15) is 75.3 Å². The van der Waals surface area contributed by atoms with Gasteiger partial charge in [0.1, 0.15) is 30.0 Å². The van der Waals surface area contributed by atoms with Crippen LogP contribution in [0.4, 0.5) is 4.79 Å². The van der Waals surface area contributed by atoms with Crippen molar-refractivity contribution in [3.8, 4) is 28.5 Å². The van der Waals surface area contributed by atoms with Gasteiger partial charge in [0.15, 0.2) is 11.5 Å². The van der Waals surface area contributed by atoms with Crippen LogP contribution in [0.25, 0.3) is 22.3 Å². The molecule has 2 saturated carbocycles. The van der Waals surface area contributed by atoms with Gasteiger partial charge in [0.05, 0.1) is 23.3 Å². The Morgan fingerprint density at radius 3 is 2.47 bits per heavy atom. The fourth-order valence-electron chi connectivity index (χ4n) is 6.96. The average Bonchev–Trinajstić information content (AvgIpc) is 3.65. The van der Waals surface area contributed by atoms with Crippen molar-refractivity contribution in [3.63, 3.8) is 0 Å². The first-order valence-corrected chi connectivity index (χ1v) is 21.2. The maximum absolute atomic E-state index is 14.2. The molecule has 0 bridgehead atoms. The zero-order chi connectivity index (χ0) is 35.1. The minimum absolute atomic E-state index is 0.0863. The summed E-state index contributed by atoms with van der Waals surface area (Å²) < 4.78 is 26.4. The van der Waals surface area contributed by atoms with E-state index in [4.69, 9.17) is 28.9 Å². The van der Waals surface area contributed by atoms with Gasteiger partial charge in [-0.15, -0.1) is 0 Å². The highest BCUT2D eigenvalue weighted by Crippen LogP contribution is 2.49. The SMILES string of the molecule is Cc1c(C(=O)N[C@H]2CC[C@@H](N(C(=O)O)C(C)(C)C)CC2)c2ncnc(-c3c(OCC4CC4)ccc4c3OCO4)c2n1COCC[Si](C)(C)C. The smallest absolute Gasteiger partial charge is 0.407 e. The summed E-state index contributed by atoms with van der Waals surface area (Å²) in [6.45, 7) is 16.2. The summed E-state index contributed by atoms with van der Waals surface area (Å²) in [7, 11) is -1.33. The van der Waals surface area contributed by atoms with Gasteiger partial charge >= 0.3 is 6.09 Å². The topological polar surface area (TPSA) is 137 Å². The molecule has 1 aliphatic heterocycles. The number of nitrogens with one attached hydrogen (secondary N) is 1. The summed E-state index contributed by atoms with van der Waals surface area (Å²) >= 11 is 0. The lowest BCUT2D eigenvalue weighted by atomic mass is 9.88. The summed E-state index contributed by atoms with van der Waals surface area (Å²) in [5.41, 5.74) is 3.16. The molecule has 2 aromatic heterocycles. The zero-order valence-corrected chi connectivity index (χ0v) is 30.9. The molecule has 6 rings (SSSR count). The number of nitrogens with zero attached hydrogens (tertiary/aromatic N) is 4. The van der Waals surface area contributed by atoms with Gasteiger partial charge in [-0.1, -0.05) is 19.6 Å². The van der Waals surface area contributed by atoms with Gasteiger partial charge in [-0.25, -0.2) is 14.8 Å². The molecule has 49 heavy (non-hydrogen) atoms. The van der Waals surface area contributed by atoms with E-state index in [-0.39, 0.29) is 31.5 Å². The van der Waals surface area contributed by atoms with Crippen molar-refractivity contribution in [2.45, 2.75) is 116 Å². The Kier molecular flexibility index (Phi) is 9.87. The number of ether oxygens (including phenoxy) is 4. The summed E-state index contributed by atoms with van der Waals surface area (Å²) in [5, 5.41) is 13.2. The van der Waals surface area contributed by atoms with Gasteiger partial charge in [-0.2, -0.15) is 0 Å². The van der Waals surface area contributed by atoms with Crippen molar-refractivity contribution in [2.75, 3.05) is 20.0 Å². The lowest BCUT2D eigenvalue weighted by molar-refractivity contribution is 0.0519. The normalized spacial score (nSPS) is 19.2. The molecule has 2 N–H and O–H groups in total. The fourth-order valence-corrected chi connectivity index (χ4v) is 7.72. The lowest BCUT2D eigenvalue weighted by Gasteiger charge is -2.42. The van der Waals surface area contributed by atoms with E-state index in [1.54, 1.807) is 4.90 Å². The van der Waals surface area contributed by atoms with Gasteiger partial charge in [0, 0.05) is 38.0 Å². The van der Waals surface area contributed by atoms with E-state index >= 15 is 0 Å². The van der Waals surface area contributed by atoms with Crippen molar-refractivity contribution in [3.05, 3.63) is 29.7 Å². The minimum Gasteiger partial charge on any atom is -0.492 e. The van der Waals surface area contributed by atoms with E-state index in [1.807, 2.05) is 44.4 Å². The second-order valence-corrected chi connectivity index (χ2v) is 21.5. The molecule has 12 nitrogen and oxygen atoms in total. The van der Waals surface area contributed by atoms with Crippen molar-refractivity contribution in [1.82, 2.24) is 24.8 Å². The number of aromatic nitrogens is 3. The molecular formula is C36H51N5O7Si. The van der Waals surface area contributed by atoms with Gasteiger partial charge in [-0.05, 0) is 90.3 Å². The number of hydrogen-bond acceptors (Lipinski definition) is 8. The van der Waals surface area contributed by atoms with E-state index in [2.05, 4.69) is 25.0 Å². The first-order valence-electron chi connectivity index (χ1n) is 17.5. The Morgan fingerprint density at radius 1 is 1.08 bits per heavy atom. The predicted octanol–water partition coefficient (Wildman–Crippen LogP) is 7.06. The molecule has 2 fully saturated rings. The zero-order valence-electron chi connectivity index (χ0n) is 29.9. The quantitative estimate of drug-likeness (QED) is 0.151. The van der Waals surface area contributed by atoms with Crippen LogP contribution in [0.15, 0.2) is 18.5 Å². The summed E-state index contributed by atoms with van der Waals surface area (Å²) in [6, 6.07) is 4.60. The minimum atomic E-state index is -1.33. The molecule has 266 valence electrons. The molecule has 2 amide bonds. The van der Waals surface area contributed by atoms with Crippen LogP contribution in [0, 0.1) is 12.8 Å². The van der Waals surface area contributed by atoms with Crippen molar-refractivity contribution in [2.24, 2.45) is 5.92 Å². The molecule has 3 aromatic rings. The standard InChI is InChI=1S/C36H51N5O7Si/c1-22-28(34(42)39-24-10-12-25(13-11-24)41(35(43)44)36(2,3)4)30-32(40(22)20-45-16-17-49(5,6)7)31(38-19-37-30)29-26(46-18-23-8-9-23)14-15-27-33(29)48-21-47-27/h14-15,19,23-25H,8-13,16-18,20-21H2,1-7H3,(H,39,42)(H,43,44)/t24-,25+. The van der Waals surface area contributed by atoms with Crippen molar-refractivity contribution in [1.29, 1.82) is 0 Å². The van der Waals surface area contributed by atoms with Crippen molar-refractivity contribution < 1.29 is 33.6 Å². The van der Waals surface area contributed by atoms with E-state index in [0.29, 0.717) is 89.9 Å². The van der Waals surface area contributed by atoms with Crippen LogP contribution in [-0.2, 0) is 11.5 Å². The van der Waals surface area contributed by atoms with Crippen LogP contribution in [0.3, 0.4) is 0 Å². The highest BCUT2D eigenvalue weighted by molar-refractivity contribution is 6.76. The molecule has 0 spiro atoms. The number of rotatable bonds is 12. The molecule has 0 atom stereocenters.